The third kappa shape index (κ3) is 3.49. The highest BCUT2D eigenvalue weighted by molar-refractivity contribution is 5.92. The lowest BCUT2D eigenvalue weighted by molar-refractivity contribution is 1.08. The van der Waals surface area contributed by atoms with Gasteiger partial charge >= 0.3 is 5.69 Å². The van der Waals surface area contributed by atoms with E-state index in [4.69, 9.17) is 4.98 Å². The largest absolute Gasteiger partial charge is 0.345 e. The molecule has 3 heterocycles. The normalized spacial score (nSPS) is 11.2. The van der Waals surface area contributed by atoms with Crippen molar-refractivity contribution in [3.8, 4) is 22.5 Å². The summed E-state index contributed by atoms with van der Waals surface area (Å²) in [5, 5.41) is 12.6. The van der Waals surface area contributed by atoms with Crippen molar-refractivity contribution >= 4 is 28.2 Å². The van der Waals surface area contributed by atoms with Crippen LogP contribution in [0.1, 0.15) is 0 Å². The molecule has 33 heavy (non-hydrogen) atoms. The van der Waals surface area contributed by atoms with Crippen molar-refractivity contribution in [2.24, 2.45) is 0 Å². The van der Waals surface area contributed by atoms with Gasteiger partial charge in [0.2, 0.25) is 5.95 Å². The number of H-pyrrole nitrogens is 1. The van der Waals surface area contributed by atoms with Gasteiger partial charge in [-0.1, -0.05) is 54.6 Å². The predicted octanol–water partition coefficient (Wildman–Crippen LogP) is 4.44. The molecule has 158 valence electrons. The van der Waals surface area contributed by atoms with Crippen molar-refractivity contribution in [1.82, 2.24) is 29.5 Å². The Hall–Kier alpha value is -4.85. The van der Waals surface area contributed by atoms with Crippen LogP contribution in [0.4, 0.5) is 11.6 Å². The van der Waals surface area contributed by atoms with E-state index in [9.17, 15) is 4.79 Å². The molecular formula is C25H17N7O. The van der Waals surface area contributed by atoms with Crippen molar-refractivity contribution in [2.75, 3.05) is 5.32 Å². The zero-order valence-electron chi connectivity index (χ0n) is 17.3. The highest BCUT2D eigenvalue weighted by Gasteiger charge is 2.10. The van der Waals surface area contributed by atoms with Gasteiger partial charge in [-0.15, -0.1) is 10.2 Å². The molecule has 0 saturated heterocycles. The number of rotatable bonds is 4. The zero-order valence-corrected chi connectivity index (χ0v) is 17.3. The van der Waals surface area contributed by atoms with Crippen molar-refractivity contribution in [3.63, 3.8) is 0 Å². The SMILES string of the molecule is O=c1nc(-c2ccccc2)cc(-c2ccc(Nc3nc4ccccc4c4nncn34)cc2)[nH]1. The second-order valence-corrected chi connectivity index (χ2v) is 7.53. The molecule has 6 aromatic rings. The van der Waals surface area contributed by atoms with E-state index < -0.39 is 0 Å². The van der Waals surface area contributed by atoms with Crippen LogP contribution in [-0.2, 0) is 0 Å². The highest BCUT2D eigenvalue weighted by atomic mass is 16.1. The monoisotopic (exact) mass is 431 g/mol. The van der Waals surface area contributed by atoms with Gasteiger partial charge in [0, 0.05) is 16.6 Å². The minimum atomic E-state index is -0.385. The highest BCUT2D eigenvalue weighted by Crippen LogP contribution is 2.26. The van der Waals surface area contributed by atoms with Crippen LogP contribution in [0.3, 0.4) is 0 Å². The maximum Gasteiger partial charge on any atom is 0.345 e. The third-order valence-corrected chi connectivity index (χ3v) is 5.41. The van der Waals surface area contributed by atoms with Crippen LogP contribution in [0, 0.1) is 0 Å². The summed E-state index contributed by atoms with van der Waals surface area (Å²) in [5.41, 5.74) is 5.13. The lowest BCUT2D eigenvalue weighted by Crippen LogP contribution is -2.11. The lowest BCUT2D eigenvalue weighted by Gasteiger charge is -2.10. The Labute approximate surface area is 187 Å². The molecule has 3 aromatic heterocycles. The summed E-state index contributed by atoms with van der Waals surface area (Å²) in [6.07, 6.45) is 1.64. The molecule has 2 N–H and O–H groups in total. The Morgan fingerprint density at radius 1 is 0.818 bits per heavy atom. The number of hydrogen-bond acceptors (Lipinski definition) is 6. The van der Waals surface area contributed by atoms with E-state index in [0.29, 0.717) is 17.3 Å². The summed E-state index contributed by atoms with van der Waals surface area (Å²) >= 11 is 0. The van der Waals surface area contributed by atoms with Gasteiger partial charge in [-0.05, 0) is 35.9 Å². The van der Waals surface area contributed by atoms with Crippen LogP contribution in [0.2, 0.25) is 0 Å². The summed E-state index contributed by atoms with van der Waals surface area (Å²) in [5.74, 6) is 0.616. The number of aromatic nitrogens is 6. The van der Waals surface area contributed by atoms with E-state index in [2.05, 4.69) is 25.5 Å². The Balaban J connectivity index is 1.34. The van der Waals surface area contributed by atoms with E-state index in [-0.39, 0.29) is 5.69 Å². The molecule has 0 aliphatic heterocycles. The van der Waals surface area contributed by atoms with Crippen molar-refractivity contribution in [3.05, 3.63) is 102 Å². The topological polar surface area (TPSA) is 101 Å². The standard InChI is InChI=1S/C25H17N7O/c33-25-29-21(16-6-2-1-3-7-16)14-22(30-25)17-10-12-18(13-11-17)27-24-28-20-9-5-4-8-19(20)23-31-26-15-32(23)24/h1-15H,(H,27,28)(H,29,30,33). The molecule has 0 saturated carbocycles. The summed E-state index contributed by atoms with van der Waals surface area (Å²) in [4.78, 5) is 23.8. The van der Waals surface area contributed by atoms with Gasteiger partial charge < -0.3 is 10.3 Å². The van der Waals surface area contributed by atoms with Gasteiger partial charge in [-0.3, -0.25) is 4.40 Å². The van der Waals surface area contributed by atoms with Gasteiger partial charge in [-0.25, -0.2) is 9.78 Å². The number of para-hydroxylation sites is 1. The number of aromatic amines is 1. The molecular weight excluding hydrogens is 414 g/mol. The smallest absolute Gasteiger partial charge is 0.325 e. The second-order valence-electron chi connectivity index (χ2n) is 7.53. The Morgan fingerprint density at radius 3 is 2.45 bits per heavy atom. The van der Waals surface area contributed by atoms with Gasteiger partial charge in [0.1, 0.15) is 6.33 Å². The minimum absolute atomic E-state index is 0.385. The van der Waals surface area contributed by atoms with Crippen molar-refractivity contribution < 1.29 is 0 Å². The van der Waals surface area contributed by atoms with E-state index in [1.54, 1.807) is 6.33 Å². The molecule has 0 spiro atoms. The fraction of sp³-hybridized carbons (Fsp3) is 0. The average molecular weight is 431 g/mol. The predicted molar refractivity (Wildman–Crippen MR) is 127 cm³/mol. The first-order chi connectivity index (χ1) is 16.2. The van der Waals surface area contributed by atoms with Crippen molar-refractivity contribution in [2.45, 2.75) is 0 Å². The molecule has 0 fully saturated rings. The van der Waals surface area contributed by atoms with Crippen molar-refractivity contribution in [1.29, 1.82) is 0 Å². The number of hydrogen-bond donors (Lipinski definition) is 2. The van der Waals surface area contributed by atoms with Gasteiger partial charge in [-0.2, -0.15) is 4.98 Å². The maximum absolute atomic E-state index is 12.2. The van der Waals surface area contributed by atoms with E-state index in [0.717, 1.165) is 33.4 Å². The summed E-state index contributed by atoms with van der Waals surface area (Å²) in [7, 11) is 0. The van der Waals surface area contributed by atoms with Crippen LogP contribution in [-0.4, -0.2) is 29.5 Å². The van der Waals surface area contributed by atoms with E-state index >= 15 is 0 Å². The second kappa shape index (κ2) is 7.69. The molecule has 0 unspecified atom stereocenters. The number of fused-ring (bicyclic) bond motifs is 3. The Bertz CT molecular complexity index is 1650. The van der Waals surface area contributed by atoms with Crippen LogP contribution in [0.15, 0.2) is 96.1 Å². The van der Waals surface area contributed by atoms with E-state index in [1.807, 2.05) is 89.3 Å². The van der Waals surface area contributed by atoms with Crippen LogP contribution in [0.5, 0.6) is 0 Å². The summed E-state index contributed by atoms with van der Waals surface area (Å²) < 4.78 is 1.82. The Morgan fingerprint density at radius 2 is 1.61 bits per heavy atom. The molecule has 8 heteroatoms. The molecule has 6 rings (SSSR count). The minimum Gasteiger partial charge on any atom is -0.325 e. The molecule has 0 atom stereocenters. The summed E-state index contributed by atoms with van der Waals surface area (Å²) in [6.45, 7) is 0. The molecule has 3 aromatic carbocycles. The zero-order chi connectivity index (χ0) is 22.2. The van der Waals surface area contributed by atoms with Crippen LogP contribution >= 0.6 is 0 Å². The van der Waals surface area contributed by atoms with Gasteiger partial charge in [0.05, 0.1) is 16.9 Å². The molecule has 0 aliphatic rings. The number of nitrogens with one attached hydrogen (secondary N) is 2. The molecule has 0 aliphatic carbocycles. The van der Waals surface area contributed by atoms with Gasteiger partial charge in [0.15, 0.2) is 5.65 Å². The molecule has 0 amide bonds. The molecule has 0 bridgehead atoms. The quantitative estimate of drug-likeness (QED) is 0.428. The first kappa shape index (κ1) is 18.9. The first-order valence-electron chi connectivity index (χ1n) is 10.4. The van der Waals surface area contributed by atoms with Gasteiger partial charge in [0.25, 0.3) is 0 Å². The van der Waals surface area contributed by atoms with Crippen LogP contribution in [0.25, 0.3) is 39.1 Å². The fourth-order valence-corrected chi connectivity index (χ4v) is 3.82. The van der Waals surface area contributed by atoms with E-state index in [1.165, 1.54) is 0 Å². The molecule has 8 nitrogen and oxygen atoms in total. The number of anilines is 2. The first-order valence-corrected chi connectivity index (χ1v) is 10.4. The number of benzene rings is 3. The number of nitrogens with zero attached hydrogens (tertiary/aromatic N) is 5. The summed E-state index contributed by atoms with van der Waals surface area (Å²) in [6, 6.07) is 27.1. The lowest BCUT2D eigenvalue weighted by atomic mass is 10.1. The van der Waals surface area contributed by atoms with Crippen LogP contribution < -0.4 is 11.0 Å². The Kier molecular flexibility index (Phi) is 4.40. The third-order valence-electron chi connectivity index (χ3n) is 5.41. The molecule has 0 radical (unpaired) electrons. The maximum atomic E-state index is 12.2. The fourth-order valence-electron chi connectivity index (χ4n) is 3.82. The average Bonchev–Trinajstić information content (AvgIpc) is 3.36.